The zero-order chi connectivity index (χ0) is 12.1. The van der Waals surface area contributed by atoms with Crippen LogP contribution < -0.4 is 10.6 Å². The highest BCUT2D eigenvalue weighted by Gasteiger charge is 2.09. The molecule has 17 heavy (non-hydrogen) atoms. The third kappa shape index (κ3) is 2.77. The summed E-state index contributed by atoms with van der Waals surface area (Å²) in [5, 5.41) is 16.7. The number of carbonyl (C=O) groups excluding carboxylic acids is 1. The van der Waals surface area contributed by atoms with Gasteiger partial charge < -0.3 is 15.2 Å². The molecule has 7 heteroatoms. The molecule has 0 saturated heterocycles. The van der Waals surface area contributed by atoms with Crippen molar-refractivity contribution in [3.8, 4) is 0 Å². The summed E-state index contributed by atoms with van der Waals surface area (Å²) in [7, 11) is 0. The van der Waals surface area contributed by atoms with Crippen molar-refractivity contribution in [2.75, 3.05) is 17.2 Å². The average molecular weight is 233 g/mol. The van der Waals surface area contributed by atoms with Gasteiger partial charge in [-0.1, -0.05) is 5.16 Å². The molecule has 2 aromatic rings. The van der Waals surface area contributed by atoms with Gasteiger partial charge in [0.05, 0.1) is 0 Å². The molecule has 0 saturated carbocycles. The first-order valence-corrected chi connectivity index (χ1v) is 5.09. The number of nitrogens with one attached hydrogen (secondary N) is 2. The molecule has 0 aliphatic rings. The monoisotopic (exact) mass is 233 g/mol. The van der Waals surface area contributed by atoms with Gasteiger partial charge in [0.15, 0.2) is 11.5 Å². The summed E-state index contributed by atoms with van der Waals surface area (Å²) in [5.74, 6) is 0.590. The third-order valence-corrected chi connectivity index (χ3v) is 1.93. The molecule has 1 amide bonds. The van der Waals surface area contributed by atoms with Crippen molar-refractivity contribution >= 4 is 17.5 Å². The maximum atomic E-state index is 11.7. The Morgan fingerprint density at radius 2 is 2.18 bits per heavy atom. The van der Waals surface area contributed by atoms with Gasteiger partial charge in [-0.05, 0) is 19.1 Å². The molecule has 88 valence electrons. The van der Waals surface area contributed by atoms with E-state index in [0.29, 0.717) is 11.6 Å². The lowest BCUT2D eigenvalue weighted by Crippen LogP contribution is -2.15. The first-order chi connectivity index (χ1) is 8.29. The van der Waals surface area contributed by atoms with E-state index in [-0.39, 0.29) is 11.6 Å². The smallest absolute Gasteiger partial charge is 0.277 e. The number of anilines is 2. The van der Waals surface area contributed by atoms with Gasteiger partial charge in [0.25, 0.3) is 5.91 Å². The van der Waals surface area contributed by atoms with E-state index in [1.54, 1.807) is 18.2 Å². The first kappa shape index (κ1) is 11.1. The second-order valence-electron chi connectivity index (χ2n) is 3.17. The van der Waals surface area contributed by atoms with E-state index >= 15 is 0 Å². The Morgan fingerprint density at radius 3 is 2.76 bits per heavy atom. The van der Waals surface area contributed by atoms with Crippen LogP contribution in [0.15, 0.2) is 29.0 Å². The fraction of sp³-hybridized carbons (Fsp3) is 0.200. The fourth-order valence-corrected chi connectivity index (χ4v) is 1.19. The van der Waals surface area contributed by atoms with E-state index in [9.17, 15) is 4.79 Å². The van der Waals surface area contributed by atoms with Crippen LogP contribution in [-0.2, 0) is 0 Å². The molecule has 0 atom stereocenters. The van der Waals surface area contributed by atoms with E-state index in [1.807, 2.05) is 6.92 Å². The van der Waals surface area contributed by atoms with E-state index in [1.165, 1.54) is 6.26 Å². The van der Waals surface area contributed by atoms with Gasteiger partial charge in [-0.25, -0.2) is 0 Å². The number of nitrogens with zero attached hydrogens (tertiary/aromatic N) is 3. The zero-order valence-corrected chi connectivity index (χ0v) is 9.17. The van der Waals surface area contributed by atoms with Crippen LogP contribution in [0, 0.1) is 0 Å². The maximum absolute atomic E-state index is 11.7. The Labute approximate surface area is 97.2 Å². The Kier molecular flexibility index (Phi) is 3.29. The number of aromatic nitrogens is 3. The van der Waals surface area contributed by atoms with Gasteiger partial charge in [-0.15, -0.1) is 10.2 Å². The van der Waals surface area contributed by atoms with Crippen molar-refractivity contribution in [1.29, 1.82) is 0 Å². The van der Waals surface area contributed by atoms with Gasteiger partial charge in [-0.2, -0.15) is 0 Å². The van der Waals surface area contributed by atoms with Crippen molar-refractivity contribution < 1.29 is 9.32 Å². The average Bonchev–Trinajstić information content (AvgIpc) is 2.83. The molecule has 2 rings (SSSR count). The lowest BCUT2D eigenvalue weighted by molar-refractivity contribution is 0.102. The minimum atomic E-state index is -0.380. The van der Waals surface area contributed by atoms with Crippen molar-refractivity contribution in [2.45, 2.75) is 6.92 Å². The van der Waals surface area contributed by atoms with Gasteiger partial charge in [0.2, 0.25) is 0 Å². The summed E-state index contributed by atoms with van der Waals surface area (Å²) in [6.07, 6.45) is 1.37. The minimum Gasteiger partial charge on any atom is -0.369 e. The van der Waals surface area contributed by atoms with Crippen molar-refractivity contribution in [1.82, 2.24) is 15.4 Å². The van der Waals surface area contributed by atoms with E-state index in [0.717, 1.165) is 6.54 Å². The highest BCUT2D eigenvalue weighted by molar-refractivity contribution is 6.02. The van der Waals surface area contributed by atoms with E-state index in [2.05, 4.69) is 30.5 Å². The Balaban J connectivity index is 2.04. The second kappa shape index (κ2) is 5.06. The van der Waals surface area contributed by atoms with E-state index < -0.39 is 0 Å². The van der Waals surface area contributed by atoms with Crippen LogP contribution in [0.25, 0.3) is 0 Å². The van der Waals surface area contributed by atoms with Crippen molar-refractivity contribution in [2.24, 2.45) is 0 Å². The SMILES string of the molecule is CCNc1ccc(C(=O)Nc2ccon2)nn1. The largest absolute Gasteiger partial charge is 0.369 e. The van der Waals surface area contributed by atoms with Gasteiger partial charge in [0.1, 0.15) is 12.1 Å². The Bertz CT molecular complexity index is 480. The number of rotatable bonds is 4. The van der Waals surface area contributed by atoms with Crippen LogP contribution >= 0.6 is 0 Å². The quantitative estimate of drug-likeness (QED) is 0.822. The predicted molar refractivity (Wildman–Crippen MR) is 60.7 cm³/mol. The topological polar surface area (TPSA) is 92.9 Å². The zero-order valence-electron chi connectivity index (χ0n) is 9.17. The minimum absolute atomic E-state index is 0.217. The highest BCUT2D eigenvalue weighted by Crippen LogP contribution is 2.05. The highest BCUT2D eigenvalue weighted by atomic mass is 16.5. The maximum Gasteiger partial charge on any atom is 0.277 e. The molecule has 2 heterocycles. The van der Waals surface area contributed by atoms with Gasteiger partial charge in [0, 0.05) is 12.6 Å². The lowest BCUT2D eigenvalue weighted by Gasteiger charge is -2.02. The van der Waals surface area contributed by atoms with Crippen LogP contribution in [0.4, 0.5) is 11.6 Å². The molecule has 0 unspecified atom stereocenters. The summed E-state index contributed by atoms with van der Waals surface area (Å²) in [6, 6.07) is 4.81. The summed E-state index contributed by atoms with van der Waals surface area (Å²) >= 11 is 0. The molecule has 0 radical (unpaired) electrons. The summed E-state index contributed by atoms with van der Waals surface area (Å²) in [4.78, 5) is 11.7. The van der Waals surface area contributed by atoms with Crippen LogP contribution in [0.3, 0.4) is 0 Å². The molecule has 2 N–H and O–H groups in total. The molecule has 0 bridgehead atoms. The molecular weight excluding hydrogens is 222 g/mol. The molecule has 0 aliphatic carbocycles. The molecule has 2 aromatic heterocycles. The van der Waals surface area contributed by atoms with E-state index in [4.69, 9.17) is 0 Å². The number of hydrogen-bond donors (Lipinski definition) is 2. The third-order valence-electron chi connectivity index (χ3n) is 1.93. The van der Waals surface area contributed by atoms with Crippen molar-refractivity contribution in [3.63, 3.8) is 0 Å². The molecule has 0 aliphatic heterocycles. The second-order valence-corrected chi connectivity index (χ2v) is 3.17. The number of hydrogen-bond acceptors (Lipinski definition) is 6. The van der Waals surface area contributed by atoms with Gasteiger partial charge in [-0.3, -0.25) is 4.79 Å². The lowest BCUT2D eigenvalue weighted by atomic mass is 10.3. The standard InChI is InChI=1S/C10H11N5O2/c1-2-11-8-4-3-7(13-14-8)10(16)12-9-5-6-17-15-9/h3-6H,2H2,1H3,(H,11,14)(H,12,15,16). The predicted octanol–water partition coefficient (Wildman–Crippen LogP) is 1.15. The van der Waals surface area contributed by atoms with Crippen LogP contribution in [0.2, 0.25) is 0 Å². The molecule has 0 fully saturated rings. The fourth-order valence-electron chi connectivity index (χ4n) is 1.19. The molecule has 0 spiro atoms. The summed E-state index contributed by atoms with van der Waals surface area (Å²) in [5.41, 5.74) is 0.217. The molecule has 7 nitrogen and oxygen atoms in total. The molecule has 0 aromatic carbocycles. The van der Waals surface area contributed by atoms with Crippen LogP contribution in [0.1, 0.15) is 17.4 Å². The Morgan fingerprint density at radius 1 is 1.29 bits per heavy atom. The van der Waals surface area contributed by atoms with Gasteiger partial charge >= 0.3 is 0 Å². The number of amides is 1. The molecular formula is C10H11N5O2. The normalized spacial score (nSPS) is 9.94. The van der Waals surface area contributed by atoms with Crippen LogP contribution in [-0.4, -0.2) is 27.8 Å². The number of carbonyl (C=O) groups is 1. The van der Waals surface area contributed by atoms with Crippen LogP contribution in [0.5, 0.6) is 0 Å². The Hall–Kier alpha value is -2.44. The first-order valence-electron chi connectivity index (χ1n) is 5.09. The van der Waals surface area contributed by atoms with Crippen molar-refractivity contribution in [3.05, 3.63) is 30.2 Å². The summed E-state index contributed by atoms with van der Waals surface area (Å²) < 4.78 is 4.59. The summed E-state index contributed by atoms with van der Waals surface area (Å²) in [6.45, 7) is 2.70.